The Balaban J connectivity index is 3.04. The van der Waals surface area contributed by atoms with E-state index in [1.165, 1.54) is 0 Å². The first-order chi connectivity index (χ1) is 8.94. The highest BCUT2D eigenvalue weighted by atomic mass is 32.2. The van der Waals surface area contributed by atoms with Crippen LogP contribution >= 0.6 is 11.8 Å². The molecule has 1 aromatic carbocycles. The number of thioether (sulfide) groups is 1. The molecule has 1 rings (SSSR count). The van der Waals surface area contributed by atoms with E-state index in [4.69, 9.17) is 5.26 Å². The molecule has 1 N–H and O–H groups in total. The average molecular weight is 302 g/mol. The van der Waals surface area contributed by atoms with Gasteiger partial charge in [-0.15, -0.1) is 0 Å². The van der Waals surface area contributed by atoms with E-state index in [1.54, 1.807) is 17.8 Å². The topological polar surface area (TPSA) is 70.0 Å². The summed E-state index contributed by atoms with van der Waals surface area (Å²) in [5.74, 6) is -0.0696. The van der Waals surface area contributed by atoms with Crippen LogP contribution in [0.25, 0.3) is 0 Å². The highest BCUT2D eigenvalue weighted by molar-refractivity contribution is 7.98. The molecule has 0 aliphatic rings. The summed E-state index contributed by atoms with van der Waals surface area (Å²) in [6, 6.07) is 4.64. The Bertz CT molecular complexity index is 582. The van der Waals surface area contributed by atoms with E-state index in [9.17, 15) is 12.8 Å². The summed E-state index contributed by atoms with van der Waals surface area (Å²) in [5, 5.41) is 8.71. The van der Waals surface area contributed by atoms with Crippen molar-refractivity contribution in [2.45, 2.75) is 24.3 Å². The molecule has 0 saturated carbocycles. The lowest BCUT2D eigenvalue weighted by Gasteiger charge is -2.16. The van der Waals surface area contributed by atoms with Gasteiger partial charge in [0.25, 0.3) is 0 Å². The predicted octanol–water partition coefficient (Wildman–Crippen LogP) is 2.12. The van der Waals surface area contributed by atoms with Gasteiger partial charge in [0.15, 0.2) is 0 Å². The minimum absolute atomic E-state index is 0.0926. The molecular formula is C12H15FN2O2S2. The normalized spacial score (nSPS) is 12.9. The monoisotopic (exact) mass is 302 g/mol. The summed E-state index contributed by atoms with van der Waals surface area (Å²) in [4.78, 5) is -0.0926. The lowest BCUT2D eigenvalue weighted by Crippen LogP contribution is -2.36. The van der Waals surface area contributed by atoms with Gasteiger partial charge in [-0.05, 0) is 30.9 Å². The van der Waals surface area contributed by atoms with Crippen molar-refractivity contribution in [3.8, 4) is 6.07 Å². The number of nitrogens with zero attached hydrogens (tertiary/aromatic N) is 1. The Hall–Kier alpha value is -1.10. The molecule has 0 spiro atoms. The summed E-state index contributed by atoms with van der Waals surface area (Å²) in [5.41, 5.74) is -0.277. The number of hydrogen-bond donors (Lipinski definition) is 1. The summed E-state index contributed by atoms with van der Waals surface area (Å²) < 4.78 is 39.9. The van der Waals surface area contributed by atoms with Crippen molar-refractivity contribution < 1.29 is 12.8 Å². The number of hydrogen-bond acceptors (Lipinski definition) is 4. The van der Waals surface area contributed by atoms with Crippen molar-refractivity contribution in [2.24, 2.45) is 0 Å². The van der Waals surface area contributed by atoms with Crippen LogP contribution in [0.15, 0.2) is 23.1 Å². The third-order valence-electron chi connectivity index (χ3n) is 2.55. The zero-order valence-electron chi connectivity index (χ0n) is 10.7. The Morgan fingerprint density at radius 1 is 1.53 bits per heavy atom. The van der Waals surface area contributed by atoms with Crippen molar-refractivity contribution in [3.05, 3.63) is 29.6 Å². The van der Waals surface area contributed by atoms with Gasteiger partial charge >= 0.3 is 0 Å². The quantitative estimate of drug-likeness (QED) is 0.874. The molecule has 0 bridgehead atoms. The summed E-state index contributed by atoms with van der Waals surface area (Å²) in [6.07, 6.45) is 2.55. The molecule has 19 heavy (non-hydrogen) atoms. The van der Waals surface area contributed by atoms with Gasteiger partial charge < -0.3 is 0 Å². The van der Waals surface area contributed by atoms with Gasteiger partial charge in [-0.2, -0.15) is 17.0 Å². The fourth-order valence-corrected chi connectivity index (χ4v) is 3.65. The number of nitriles is 1. The Morgan fingerprint density at radius 3 is 2.74 bits per heavy atom. The zero-order valence-corrected chi connectivity index (χ0v) is 12.3. The van der Waals surface area contributed by atoms with E-state index in [1.807, 2.05) is 13.2 Å². The van der Waals surface area contributed by atoms with Gasteiger partial charge in [0.05, 0.1) is 10.5 Å². The van der Waals surface area contributed by atoms with Crippen LogP contribution in [0, 0.1) is 17.1 Å². The molecule has 1 aromatic rings. The maximum absolute atomic E-state index is 13.2. The van der Waals surface area contributed by atoms with E-state index < -0.39 is 15.8 Å². The molecule has 0 amide bonds. The molecule has 0 aliphatic heterocycles. The lowest BCUT2D eigenvalue weighted by atomic mass is 10.2. The molecule has 4 nitrogen and oxygen atoms in total. The van der Waals surface area contributed by atoms with Crippen molar-refractivity contribution in [1.29, 1.82) is 5.26 Å². The third kappa shape index (κ3) is 4.20. The molecule has 7 heteroatoms. The second-order valence-electron chi connectivity index (χ2n) is 3.94. The maximum Gasteiger partial charge on any atom is 0.240 e. The Kier molecular flexibility index (Phi) is 5.79. The number of nitrogens with one attached hydrogen (secondary N) is 1. The number of rotatable bonds is 6. The van der Waals surface area contributed by atoms with Crippen LogP contribution in [0.1, 0.15) is 18.9 Å². The van der Waals surface area contributed by atoms with Gasteiger partial charge in [0.1, 0.15) is 11.9 Å². The summed E-state index contributed by atoms with van der Waals surface area (Å²) >= 11 is 1.54. The molecule has 0 saturated heterocycles. The van der Waals surface area contributed by atoms with Crippen molar-refractivity contribution in [2.75, 3.05) is 12.0 Å². The van der Waals surface area contributed by atoms with E-state index in [-0.39, 0.29) is 16.5 Å². The molecule has 1 atom stereocenters. The van der Waals surface area contributed by atoms with Gasteiger partial charge in [-0.1, -0.05) is 6.92 Å². The number of benzene rings is 1. The van der Waals surface area contributed by atoms with Crippen LogP contribution in [0.4, 0.5) is 4.39 Å². The molecule has 0 radical (unpaired) electrons. The van der Waals surface area contributed by atoms with E-state index in [0.717, 1.165) is 18.2 Å². The predicted molar refractivity (Wildman–Crippen MR) is 73.9 cm³/mol. The second-order valence-corrected chi connectivity index (χ2v) is 6.56. The van der Waals surface area contributed by atoms with Crippen LogP contribution in [0.2, 0.25) is 0 Å². The fourth-order valence-electron chi connectivity index (χ4n) is 1.48. The molecule has 0 heterocycles. The first kappa shape index (κ1) is 16.0. The lowest BCUT2D eigenvalue weighted by molar-refractivity contribution is 0.557. The zero-order chi connectivity index (χ0) is 14.5. The highest BCUT2D eigenvalue weighted by Gasteiger charge is 2.20. The van der Waals surface area contributed by atoms with Crippen molar-refractivity contribution in [3.63, 3.8) is 0 Å². The maximum atomic E-state index is 13.2. The van der Waals surface area contributed by atoms with Gasteiger partial charge in [-0.3, -0.25) is 0 Å². The molecule has 104 valence electrons. The summed E-state index contributed by atoms with van der Waals surface area (Å²) in [6.45, 7) is 1.88. The molecule has 0 aromatic heterocycles. The molecule has 1 unspecified atom stereocenters. The smallest absolute Gasteiger partial charge is 0.207 e. The third-order valence-corrected chi connectivity index (χ3v) is 4.80. The first-order valence-electron chi connectivity index (χ1n) is 5.65. The minimum atomic E-state index is -3.72. The van der Waals surface area contributed by atoms with Gasteiger partial charge in [0.2, 0.25) is 10.0 Å². The van der Waals surface area contributed by atoms with Gasteiger partial charge in [-0.25, -0.2) is 17.5 Å². The first-order valence-corrected chi connectivity index (χ1v) is 8.53. The second kappa shape index (κ2) is 6.89. The summed E-state index contributed by atoms with van der Waals surface area (Å²) in [7, 11) is -3.72. The van der Waals surface area contributed by atoms with Crippen molar-refractivity contribution >= 4 is 21.8 Å². The number of sulfonamides is 1. The van der Waals surface area contributed by atoms with Crippen LogP contribution in [-0.2, 0) is 10.0 Å². The average Bonchev–Trinajstić information content (AvgIpc) is 2.38. The molecule has 0 aliphatic carbocycles. The Labute approximate surface area is 117 Å². The largest absolute Gasteiger partial charge is 0.240 e. The van der Waals surface area contributed by atoms with E-state index in [2.05, 4.69) is 4.72 Å². The minimum Gasteiger partial charge on any atom is -0.207 e. The van der Waals surface area contributed by atoms with Crippen LogP contribution in [0.5, 0.6) is 0 Å². The van der Waals surface area contributed by atoms with Crippen LogP contribution in [-0.4, -0.2) is 26.5 Å². The Morgan fingerprint density at radius 2 is 2.21 bits per heavy atom. The SMILES string of the molecule is CCC(CSC)NS(=O)(=O)c1ccc(F)c(C#N)c1. The van der Waals surface area contributed by atoms with Crippen molar-refractivity contribution in [1.82, 2.24) is 4.72 Å². The number of halogens is 1. The fraction of sp³-hybridized carbons (Fsp3) is 0.417. The van der Waals surface area contributed by atoms with E-state index in [0.29, 0.717) is 12.2 Å². The van der Waals surface area contributed by atoms with E-state index >= 15 is 0 Å². The molecular weight excluding hydrogens is 287 g/mol. The molecule has 0 fully saturated rings. The standard InChI is InChI=1S/C12H15FN2O2S2/c1-3-10(8-18-2)15-19(16,17)11-4-5-12(13)9(6-11)7-14/h4-6,10,15H,3,8H2,1-2H3. The van der Waals surface area contributed by atoms with Crippen LogP contribution < -0.4 is 4.72 Å². The van der Waals surface area contributed by atoms with Gasteiger partial charge in [0, 0.05) is 11.8 Å². The highest BCUT2D eigenvalue weighted by Crippen LogP contribution is 2.15. The van der Waals surface area contributed by atoms with Crippen LogP contribution in [0.3, 0.4) is 0 Å².